The Morgan fingerprint density at radius 3 is 2.67 bits per heavy atom. The van der Waals surface area contributed by atoms with Crippen molar-refractivity contribution in [2.24, 2.45) is 0 Å². The number of alkyl carbamates (subject to hydrolysis) is 1. The molecule has 0 unspecified atom stereocenters. The second kappa shape index (κ2) is 5.32. The van der Waals surface area contributed by atoms with Crippen molar-refractivity contribution in [1.82, 2.24) is 15.0 Å². The zero-order valence-electron chi connectivity index (χ0n) is 11.2. The number of carbonyl (C=O) groups excluding carboxylic acids is 1. The third kappa shape index (κ3) is 2.68. The van der Waals surface area contributed by atoms with Crippen LogP contribution in [0.2, 0.25) is 0 Å². The highest BCUT2D eigenvalue weighted by atomic mass is 35.5. The van der Waals surface area contributed by atoms with Crippen LogP contribution in [0, 0.1) is 5.41 Å². The molecule has 2 fully saturated rings. The molecule has 3 heterocycles. The number of nitrogens with zero attached hydrogens (tertiary/aromatic N) is 3. The van der Waals surface area contributed by atoms with Crippen LogP contribution >= 0.6 is 12.4 Å². The number of nitrogen functional groups attached to an aromatic ring is 1. The van der Waals surface area contributed by atoms with Gasteiger partial charge in [0.2, 0.25) is 0 Å². The van der Waals surface area contributed by atoms with E-state index in [4.69, 9.17) is 15.9 Å². The topological polar surface area (TPSA) is 129 Å². The zero-order chi connectivity index (χ0) is 14.3. The van der Waals surface area contributed by atoms with E-state index in [0.29, 0.717) is 43.0 Å². The van der Waals surface area contributed by atoms with Gasteiger partial charge in [0.15, 0.2) is 0 Å². The van der Waals surface area contributed by atoms with Crippen LogP contribution in [0.25, 0.3) is 0 Å². The molecule has 1 spiro atoms. The monoisotopic (exact) mass is 316 g/mol. The quantitative estimate of drug-likeness (QED) is 0.526. The second-order valence-electron chi connectivity index (χ2n) is 5.09. The van der Waals surface area contributed by atoms with Crippen molar-refractivity contribution < 1.29 is 14.7 Å². The molecule has 0 saturated carbocycles. The third-order valence-electron chi connectivity index (χ3n) is 3.81. The van der Waals surface area contributed by atoms with E-state index in [1.54, 1.807) is 0 Å². The Morgan fingerprint density at radius 1 is 1.48 bits per heavy atom. The lowest BCUT2D eigenvalue weighted by Gasteiger charge is -2.37. The molecular weight excluding hydrogens is 300 g/mol. The van der Waals surface area contributed by atoms with Crippen LogP contribution < -0.4 is 21.6 Å². The molecule has 2 aliphatic rings. The number of hydrogen-bond acceptors (Lipinski definition) is 7. The normalized spacial score (nSPS) is 19.8. The maximum Gasteiger partial charge on any atom is 0.407 e. The fourth-order valence-electron chi connectivity index (χ4n) is 2.59. The zero-order valence-corrected chi connectivity index (χ0v) is 12.0. The van der Waals surface area contributed by atoms with E-state index < -0.39 is 5.60 Å². The SMILES string of the molecule is Cl.N=c1nc(N2CCC3(CC2)CNC(=O)O3)cc(N)n1O. The molecule has 10 heteroatoms. The summed E-state index contributed by atoms with van der Waals surface area (Å²) in [5.41, 5.74) is 4.88. The van der Waals surface area contributed by atoms with Gasteiger partial charge >= 0.3 is 6.09 Å². The predicted octanol–water partition coefficient (Wildman–Crippen LogP) is -0.317. The van der Waals surface area contributed by atoms with Crippen molar-refractivity contribution in [2.75, 3.05) is 30.3 Å². The van der Waals surface area contributed by atoms with Crippen molar-refractivity contribution >= 4 is 30.1 Å². The summed E-state index contributed by atoms with van der Waals surface area (Å²) in [4.78, 5) is 17.1. The summed E-state index contributed by atoms with van der Waals surface area (Å²) in [6.45, 7) is 1.83. The van der Waals surface area contributed by atoms with E-state index >= 15 is 0 Å². The Kier molecular flexibility index (Phi) is 3.86. The van der Waals surface area contributed by atoms with E-state index in [-0.39, 0.29) is 29.9 Å². The van der Waals surface area contributed by atoms with Crippen LogP contribution in [0.4, 0.5) is 16.4 Å². The molecule has 3 rings (SSSR count). The van der Waals surface area contributed by atoms with Crippen LogP contribution in [0.1, 0.15) is 12.8 Å². The third-order valence-corrected chi connectivity index (χ3v) is 3.81. The molecule has 21 heavy (non-hydrogen) atoms. The lowest BCUT2D eigenvalue weighted by Crippen LogP contribution is -2.47. The van der Waals surface area contributed by atoms with Gasteiger partial charge in [-0.1, -0.05) is 0 Å². The number of rotatable bonds is 1. The average molecular weight is 317 g/mol. The van der Waals surface area contributed by atoms with Crippen LogP contribution in [-0.2, 0) is 4.74 Å². The summed E-state index contributed by atoms with van der Waals surface area (Å²) >= 11 is 0. The molecule has 5 N–H and O–H groups in total. The van der Waals surface area contributed by atoms with Gasteiger partial charge in [-0.3, -0.25) is 5.41 Å². The molecule has 0 atom stereocenters. The number of halogens is 1. The van der Waals surface area contributed by atoms with Gasteiger partial charge in [0.25, 0.3) is 5.62 Å². The number of anilines is 2. The first kappa shape index (κ1) is 15.2. The number of hydrogen-bond donors (Lipinski definition) is 4. The van der Waals surface area contributed by atoms with Crippen molar-refractivity contribution in [3.8, 4) is 0 Å². The minimum absolute atomic E-state index is 0. The summed E-state index contributed by atoms with van der Waals surface area (Å²) in [6.07, 6.45) is 1.01. The molecule has 1 aromatic heterocycles. The number of piperidine rings is 1. The van der Waals surface area contributed by atoms with Gasteiger partial charge in [0.1, 0.15) is 17.2 Å². The van der Waals surface area contributed by atoms with Crippen molar-refractivity contribution in [3.63, 3.8) is 0 Å². The molecule has 9 nitrogen and oxygen atoms in total. The number of carbonyl (C=O) groups is 1. The Morgan fingerprint density at radius 2 is 2.14 bits per heavy atom. The first-order chi connectivity index (χ1) is 9.49. The summed E-state index contributed by atoms with van der Waals surface area (Å²) < 4.78 is 5.86. The van der Waals surface area contributed by atoms with Gasteiger partial charge in [-0.15, -0.1) is 17.1 Å². The van der Waals surface area contributed by atoms with E-state index in [9.17, 15) is 10.0 Å². The average Bonchev–Trinajstić information content (AvgIpc) is 2.77. The van der Waals surface area contributed by atoms with Crippen LogP contribution in [0.15, 0.2) is 6.07 Å². The molecule has 0 aromatic carbocycles. The minimum atomic E-state index is -0.422. The Labute approximate surface area is 126 Å². The molecule has 2 saturated heterocycles. The summed E-state index contributed by atoms with van der Waals surface area (Å²) in [6, 6.07) is 1.52. The number of nitrogens with two attached hydrogens (primary N) is 1. The van der Waals surface area contributed by atoms with Crippen LogP contribution in [0.3, 0.4) is 0 Å². The molecule has 0 aliphatic carbocycles. The predicted molar refractivity (Wildman–Crippen MR) is 75.6 cm³/mol. The summed E-state index contributed by atoms with van der Waals surface area (Å²) in [5.74, 6) is 0.610. The van der Waals surface area contributed by atoms with Gasteiger partial charge in [0.05, 0.1) is 6.54 Å². The standard InChI is InChI=1S/C11H16N6O3.ClH/c12-7-5-8(15-9(13)17(7)19)16-3-1-11(2-4-16)6-14-10(18)20-11;/h5,13,19H,1-4,6,12H2,(H,14,18);1H. The molecule has 116 valence electrons. The smallest absolute Gasteiger partial charge is 0.407 e. The fraction of sp³-hybridized carbons (Fsp3) is 0.545. The van der Waals surface area contributed by atoms with Gasteiger partial charge in [0, 0.05) is 32.0 Å². The molecule has 2 aliphatic heterocycles. The van der Waals surface area contributed by atoms with Gasteiger partial charge < -0.3 is 25.9 Å². The van der Waals surface area contributed by atoms with Crippen molar-refractivity contribution in [1.29, 1.82) is 5.41 Å². The summed E-state index contributed by atoms with van der Waals surface area (Å²) in [5, 5.41) is 19.6. The lowest BCUT2D eigenvalue weighted by molar-refractivity contribution is 0.0365. The number of nitrogens with one attached hydrogen (secondary N) is 2. The van der Waals surface area contributed by atoms with Crippen molar-refractivity contribution in [3.05, 3.63) is 11.7 Å². The van der Waals surface area contributed by atoms with Crippen LogP contribution in [-0.4, -0.2) is 46.3 Å². The molecule has 1 aromatic rings. The maximum absolute atomic E-state index is 11.2. The van der Waals surface area contributed by atoms with Gasteiger partial charge in [-0.2, -0.15) is 4.98 Å². The second-order valence-corrected chi connectivity index (χ2v) is 5.09. The number of amides is 1. The Balaban J connectivity index is 0.00000161. The fourth-order valence-corrected chi connectivity index (χ4v) is 2.59. The lowest BCUT2D eigenvalue weighted by atomic mass is 9.92. The van der Waals surface area contributed by atoms with Gasteiger partial charge in [-0.05, 0) is 0 Å². The first-order valence-corrected chi connectivity index (χ1v) is 6.34. The molecule has 0 bridgehead atoms. The first-order valence-electron chi connectivity index (χ1n) is 6.34. The maximum atomic E-state index is 11.2. The Hall–Kier alpha value is -2.16. The minimum Gasteiger partial charge on any atom is -0.441 e. The molecule has 0 radical (unpaired) electrons. The highest BCUT2D eigenvalue weighted by Crippen LogP contribution is 2.30. The van der Waals surface area contributed by atoms with E-state index in [1.807, 2.05) is 4.90 Å². The number of aromatic nitrogens is 2. The highest BCUT2D eigenvalue weighted by molar-refractivity contribution is 5.85. The van der Waals surface area contributed by atoms with Gasteiger partial charge in [-0.25, -0.2) is 4.79 Å². The van der Waals surface area contributed by atoms with E-state index in [1.165, 1.54) is 6.07 Å². The highest BCUT2D eigenvalue weighted by Gasteiger charge is 2.43. The molecule has 1 amide bonds. The van der Waals surface area contributed by atoms with E-state index in [0.717, 1.165) is 0 Å². The van der Waals surface area contributed by atoms with E-state index in [2.05, 4.69) is 10.3 Å². The van der Waals surface area contributed by atoms with Crippen LogP contribution in [0.5, 0.6) is 0 Å². The molecular formula is C11H17ClN6O3. The Bertz CT molecular complexity index is 610. The number of ether oxygens (including phenoxy) is 1. The van der Waals surface area contributed by atoms with Crippen molar-refractivity contribution in [2.45, 2.75) is 18.4 Å². The summed E-state index contributed by atoms with van der Waals surface area (Å²) in [7, 11) is 0. The largest absolute Gasteiger partial charge is 0.441 e.